The van der Waals surface area contributed by atoms with Crippen LogP contribution in [0.15, 0.2) is 22.9 Å². The summed E-state index contributed by atoms with van der Waals surface area (Å²) in [6, 6.07) is 3.23. The van der Waals surface area contributed by atoms with Gasteiger partial charge in [0.1, 0.15) is 0 Å². The topological polar surface area (TPSA) is 107 Å². The molecule has 0 spiro atoms. The highest BCUT2D eigenvalue weighted by Crippen LogP contribution is 2.14. The Morgan fingerprint density at radius 1 is 1.47 bits per heavy atom. The van der Waals surface area contributed by atoms with Crippen molar-refractivity contribution in [2.75, 3.05) is 13.7 Å². The summed E-state index contributed by atoms with van der Waals surface area (Å²) in [5, 5.41) is 12.7. The Morgan fingerprint density at radius 2 is 2.32 bits per heavy atom. The molecule has 3 N–H and O–H groups in total. The fraction of sp³-hybridized carbons (Fsp3) is 0.417. The highest BCUT2D eigenvalue weighted by Gasteiger charge is 2.14. The average Bonchev–Trinajstić information content (AvgIpc) is 2.88. The lowest BCUT2D eigenvalue weighted by atomic mass is 10.2. The van der Waals surface area contributed by atoms with Gasteiger partial charge in [-0.05, 0) is 12.0 Å². The van der Waals surface area contributed by atoms with Crippen LogP contribution >= 0.6 is 0 Å². The second-order valence-electron chi connectivity index (χ2n) is 4.05. The van der Waals surface area contributed by atoms with Crippen molar-refractivity contribution in [2.24, 2.45) is 5.73 Å². The minimum atomic E-state index is -0.430. The molecule has 0 aromatic carbocycles. The maximum atomic E-state index is 8.80. The maximum Gasteiger partial charge on any atom is 0.243 e. The first-order valence-electron chi connectivity index (χ1n) is 5.90. The molecule has 0 aliphatic rings. The van der Waals surface area contributed by atoms with E-state index in [0.717, 1.165) is 5.56 Å². The summed E-state index contributed by atoms with van der Waals surface area (Å²) >= 11 is 0. The molecule has 102 valence electrons. The SMILES string of the molecule is COc1ccc(Cc2noc(C(N)CCO)n2)cn1. The van der Waals surface area contributed by atoms with Gasteiger partial charge in [0.15, 0.2) is 5.82 Å². The van der Waals surface area contributed by atoms with Crippen molar-refractivity contribution in [3.63, 3.8) is 0 Å². The molecule has 0 saturated heterocycles. The Morgan fingerprint density at radius 3 is 2.95 bits per heavy atom. The molecule has 7 nitrogen and oxygen atoms in total. The molecule has 0 amide bonds. The van der Waals surface area contributed by atoms with Crippen LogP contribution in [-0.2, 0) is 6.42 Å². The number of nitrogens with zero attached hydrogens (tertiary/aromatic N) is 3. The predicted octanol–water partition coefficient (Wildman–Crippen LogP) is 0.446. The summed E-state index contributed by atoms with van der Waals surface area (Å²) in [6.07, 6.45) is 2.60. The summed E-state index contributed by atoms with van der Waals surface area (Å²) < 4.78 is 10.0. The summed E-state index contributed by atoms with van der Waals surface area (Å²) in [4.78, 5) is 8.29. The molecule has 2 rings (SSSR count). The van der Waals surface area contributed by atoms with E-state index in [4.69, 9.17) is 20.1 Å². The number of rotatable bonds is 6. The van der Waals surface area contributed by atoms with Crippen LogP contribution in [-0.4, -0.2) is 33.9 Å². The molecule has 0 saturated carbocycles. The average molecular weight is 264 g/mol. The summed E-state index contributed by atoms with van der Waals surface area (Å²) in [5.41, 5.74) is 6.71. The van der Waals surface area contributed by atoms with E-state index in [9.17, 15) is 0 Å². The second kappa shape index (κ2) is 6.26. The van der Waals surface area contributed by atoms with E-state index in [1.165, 1.54) is 0 Å². The zero-order valence-electron chi connectivity index (χ0n) is 10.6. The first-order valence-corrected chi connectivity index (χ1v) is 5.90. The van der Waals surface area contributed by atoms with Gasteiger partial charge in [-0.25, -0.2) is 4.98 Å². The fourth-order valence-corrected chi connectivity index (χ4v) is 1.57. The van der Waals surface area contributed by atoms with Crippen molar-refractivity contribution in [1.82, 2.24) is 15.1 Å². The van der Waals surface area contributed by atoms with E-state index >= 15 is 0 Å². The normalized spacial score (nSPS) is 12.4. The number of aliphatic hydroxyl groups is 1. The van der Waals surface area contributed by atoms with Crippen molar-refractivity contribution >= 4 is 0 Å². The zero-order chi connectivity index (χ0) is 13.7. The van der Waals surface area contributed by atoms with E-state index in [1.54, 1.807) is 19.4 Å². The molecular formula is C12H16N4O3. The lowest BCUT2D eigenvalue weighted by molar-refractivity contribution is 0.259. The molecule has 0 radical (unpaired) electrons. The second-order valence-corrected chi connectivity index (χ2v) is 4.05. The van der Waals surface area contributed by atoms with Gasteiger partial charge in [0.2, 0.25) is 11.8 Å². The van der Waals surface area contributed by atoms with E-state index in [2.05, 4.69) is 15.1 Å². The quantitative estimate of drug-likeness (QED) is 0.779. The van der Waals surface area contributed by atoms with Crippen LogP contribution in [0, 0.1) is 0 Å². The third-order valence-electron chi connectivity index (χ3n) is 2.61. The number of hydrogen-bond donors (Lipinski definition) is 2. The van der Waals surface area contributed by atoms with E-state index in [0.29, 0.717) is 30.4 Å². The van der Waals surface area contributed by atoms with Crippen LogP contribution in [0.1, 0.15) is 29.7 Å². The highest BCUT2D eigenvalue weighted by atomic mass is 16.5. The molecule has 1 unspecified atom stereocenters. The third-order valence-corrected chi connectivity index (χ3v) is 2.61. The molecule has 2 heterocycles. The predicted molar refractivity (Wildman–Crippen MR) is 66.5 cm³/mol. The van der Waals surface area contributed by atoms with Gasteiger partial charge < -0.3 is 20.1 Å². The molecule has 19 heavy (non-hydrogen) atoms. The monoisotopic (exact) mass is 264 g/mol. The summed E-state index contributed by atoms with van der Waals surface area (Å²) in [6.45, 7) is -0.0126. The van der Waals surface area contributed by atoms with Crippen molar-refractivity contribution in [1.29, 1.82) is 0 Å². The maximum absolute atomic E-state index is 8.80. The largest absolute Gasteiger partial charge is 0.481 e. The first-order chi connectivity index (χ1) is 9.22. The van der Waals surface area contributed by atoms with Crippen molar-refractivity contribution in [2.45, 2.75) is 18.9 Å². The Hall–Kier alpha value is -1.99. The van der Waals surface area contributed by atoms with Gasteiger partial charge in [0, 0.05) is 25.3 Å². The lowest BCUT2D eigenvalue weighted by Gasteiger charge is -2.02. The molecule has 0 fully saturated rings. The van der Waals surface area contributed by atoms with Crippen LogP contribution in [0.2, 0.25) is 0 Å². The third kappa shape index (κ3) is 3.49. The molecule has 1 atom stereocenters. The van der Waals surface area contributed by atoms with Gasteiger partial charge in [0.25, 0.3) is 0 Å². The van der Waals surface area contributed by atoms with Crippen molar-refractivity contribution < 1.29 is 14.4 Å². The molecule has 2 aromatic heterocycles. The standard InChI is InChI=1S/C12H16N4O3/c1-18-11-3-2-8(7-14-11)6-10-15-12(19-16-10)9(13)4-5-17/h2-3,7,9,17H,4-6,13H2,1H3. The fourth-order valence-electron chi connectivity index (χ4n) is 1.57. The van der Waals surface area contributed by atoms with Gasteiger partial charge in [-0.15, -0.1) is 0 Å². The van der Waals surface area contributed by atoms with Gasteiger partial charge in [-0.2, -0.15) is 4.98 Å². The molecule has 0 aliphatic carbocycles. The smallest absolute Gasteiger partial charge is 0.243 e. The Kier molecular flexibility index (Phi) is 4.43. The van der Waals surface area contributed by atoms with Crippen LogP contribution in [0.5, 0.6) is 5.88 Å². The molecule has 2 aromatic rings. The highest BCUT2D eigenvalue weighted by molar-refractivity contribution is 5.20. The minimum absolute atomic E-state index is 0.0126. The molecule has 0 aliphatic heterocycles. The number of methoxy groups -OCH3 is 1. The van der Waals surface area contributed by atoms with E-state index in [1.807, 2.05) is 6.07 Å². The molecular weight excluding hydrogens is 248 g/mol. The number of hydrogen-bond acceptors (Lipinski definition) is 7. The molecule has 0 bridgehead atoms. The Labute approximate surface area is 110 Å². The number of ether oxygens (including phenoxy) is 1. The minimum Gasteiger partial charge on any atom is -0.481 e. The van der Waals surface area contributed by atoms with Crippen LogP contribution in [0.4, 0.5) is 0 Å². The van der Waals surface area contributed by atoms with Crippen LogP contribution in [0.3, 0.4) is 0 Å². The van der Waals surface area contributed by atoms with E-state index in [-0.39, 0.29) is 6.61 Å². The first kappa shape index (κ1) is 13.4. The van der Waals surface area contributed by atoms with Gasteiger partial charge in [-0.1, -0.05) is 11.2 Å². The van der Waals surface area contributed by atoms with Crippen LogP contribution < -0.4 is 10.5 Å². The van der Waals surface area contributed by atoms with Gasteiger partial charge in [-0.3, -0.25) is 0 Å². The Bertz CT molecular complexity index is 512. The van der Waals surface area contributed by atoms with Crippen molar-refractivity contribution in [3.05, 3.63) is 35.6 Å². The van der Waals surface area contributed by atoms with Crippen molar-refractivity contribution in [3.8, 4) is 5.88 Å². The van der Waals surface area contributed by atoms with Crippen LogP contribution in [0.25, 0.3) is 0 Å². The van der Waals surface area contributed by atoms with E-state index < -0.39 is 6.04 Å². The number of pyridine rings is 1. The zero-order valence-corrected chi connectivity index (χ0v) is 10.6. The van der Waals surface area contributed by atoms with Gasteiger partial charge >= 0.3 is 0 Å². The number of nitrogens with two attached hydrogens (primary N) is 1. The Balaban J connectivity index is 2.02. The van der Waals surface area contributed by atoms with Gasteiger partial charge in [0.05, 0.1) is 13.2 Å². The summed E-state index contributed by atoms with van der Waals surface area (Å²) in [7, 11) is 1.57. The summed E-state index contributed by atoms with van der Waals surface area (Å²) in [5.74, 6) is 1.43. The number of aromatic nitrogens is 3. The number of aliphatic hydroxyl groups excluding tert-OH is 1. The lowest BCUT2D eigenvalue weighted by Crippen LogP contribution is -2.12. The molecule has 7 heteroatoms.